The average Bonchev–Trinajstić information content (AvgIpc) is 2.71. The van der Waals surface area contributed by atoms with E-state index in [0.29, 0.717) is 0 Å². The molecule has 1 N–H and O–H groups in total. The summed E-state index contributed by atoms with van der Waals surface area (Å²) in [4.78, 5) is 25.9. The van der Waals surface area contributed by atoms with E-state index in [4.69, 9.17) is 0 Å². The zero-order chi connectivity index (χ0) is 19.5. The second-order valence-corrected chi connectivity index (χ2v) is 7.82. The minimum absolute atomic E-state index is 0.00219. The molecule has 6 nitrogen and oxygen atoms in total. The van der Waals surface area contributed by atoms with Gasteiger partial charge in [-0.05, 0) is 24.5 Å². The Morgan fingerprint density at radius 3 is 2.79 bits per heavy atom. The second kappa shape index (κ2) is 8.37. The van der Waals surface area contributed by atoms with Gasteiger partial charge in [0.25, 0.3) is 0 Å². The summed E-state index contributed by atoms with van der Waals surface area (Å²) in [5, 5.41) is 2.99. The van der Waals surface area contributed by atoms with Crippen molar-refractivity contribution in [1.82, 2.24) is 25.1 Å². The summed E-state index contributed by atoms with van der Waals surface area (Å²) in [5.74, 6) is 0.983. The third kappa shape index (κ3) is 4.08. The minimum atomic E-state index is 0.00219. The molecule has 1 aromatic heterocycles. The number of rotatable bonds is 5. The molecule has 0 aliphatic carbocycles. The lowest BCUT2D eigenvalue weighted by molar-refractivity contribution is -0.131. The maximum atomic E-state index is 12.1. The molecule has 148 valence electrons. The Kier molecular flexibility index (Phi) is 5.69. The number of aromatic nitrogens is 2. The lowest BCUT2D eigenvalue weighted by Crippen LogP contribution is -2.63. The van der Waals surface area contributed by atoms with Gasteiger partial charge in [0.05, 0.1) is 5.69 Å². The van der Waals surface area contributed by atoms with E-state index in [1.165, 1.54) is 11.1 Å². The molecular formula is C22H29N5O. The van der Waals surface area contributed by atoms with Gasteiger partial charge in [0.2, 0.25) is 5.91 Å². The van der Waals surface area contributed by atoms with Crippen LogP contribution in [0.15, 0.2) is 30.5 Å². The lowest BCUT2D eigenvalue weighted by Gasteiger charge is -2.43. The monoisotopic (exact) mass is 379 g/mol. The van der Waals surface area contributed by atoms with Crippen LogP contribution in [0.5, 0.6) is 0 Å². The smallest absolute Gasteiger partial charge is 0.238 e. The number of benzene rings is 1. The minimum Gasteiger partial charge on any atom is -0.353 e. The summed E-state index contributed by atoms with van der Waals surface area (Å²) in [6, 6.07) is 8.72. The number of hydrogen-bond donors (Lipinski definition) is 1. The van der Waals surface area contributed by atoms with Crippen molar-refractivity contribution in [2.45, 2.75) is 39.3 Å². The third-order valence-electron chi connectivity index (χ3n) is 5.71. The van der Waals surface area contributed by atoms with Gasteiger partial charge in [-0.1, -0.05) is 37.6 Å². The van der Waals surface area contributed by atoms with E-state index < -0.39 is 0 Å². The Balaban J connectivity index is 1.46. The van der Waals surface area contributed by atoms with E-state index in [1.807, 2.05) is 13.1 Å². The SMILES string of the molecule is CCCc1cnc(C)nc1-c1ccc(CN2CCN3CCNC(=O)C3C2)cc1. The average molecular weight is 380 g/mol. The van der Waals surface area contributed by atoms with Crippen LogP contribution in [0.3, 0.4) is 0 Å². The highest BCUT2D eigenvalue weighted by molar-refractivity contribution is 5.82. The number of hydrogen-bond acceptors (Lipinski definition) is 5. The molecule has 0 radical (unpaired) electrons. The van der Waals surface area contributed by atoms with Crippen LogP contribution >= 0.6 is 0 Å². The van der Waals surface area contributed by atoms with Gasteiger partial charge in [0.1, 0.15) is 11.9 Å². The molecule has 1 amide bonds. The highest BCUT2D eigenvalue weighted by Crippen LogP contribution is 2.24. The summed E-state index contributed by atoms with van der Waals surface area (Å²) in [6.45, 7) is 9.53. The van der Waals surface area contributed by atoms with Gasteiger partial charge in [0.15, 0.2) is 0 Å². The van der Waals surface area contributed by atoms with Gasteiger partial charge < -0.3 is 5.32 Å². The van der Waals surface area contributed by atoms with Crippen molar-refractivity contribution in [3.8, 4) is 11.3 Å². The van der Waals surface area contributed by atoms with Crippen molar-refractivity contribution in [3.63, 3.8) is 0 Å². The Bertz CT molecular complexity index is 835. The predicted molar refractivity (Wildman–Crippen MR) is 110 cm³/mol. The van der Waals surface area contributed by atoms with Crippen LogP contribution in [-0.4, -0.2) is 64.4 Å². The molecule has 1 aromatic carbocycles. The first-order valence-corrected chi connectivity index (χ1v) is 10.3. The standard InChI is InChI=1S/C22H29N5O/c1-3-4-19-13-24-16(2)25-21(19)18-7-5-17(6-8-18)14-26-11-12-27-10-9-23-22(28)20(27)15-26/h5-8,13,20H,3-4,9-12,14-15H2,1-2H3,(H,23,28). The van der Waals surface area contributed by atoms with Gasteiger partial charge in [0, 0.05) is 51.0 Å². The highest BCUT2D eigenvalue weighted by Gasteiger charge is 2.34. The first-order chi connectivity index (χ1) is 13.6. The van der Waals surface area contributed by atoms with E-state index in [1.54, 1.807) is 0 Å². The Morgan fingerprint density at radius 1 is 1.18 bits per heavy atom. The largest absolute Gasteiger partial charge is 0.353 e. The van der Waals surface area contributed by atoms with E-state index in [-0.39, 0.29) is 11.9 Å². The lowest BCUT2D eigenvalue weighted by atomic mass is 10.0. The number of nitrogens with zero attached hydrogens (tertiary/aromatic N) is 4. The highest BCUT2D eigenvalue weighted by atomic mass is 16.2. The molecule has 4 rings (SSSR count). The van der Waals surface area contributed by atoms with Crippen LogP contribution in [0.2, 0.25) is 0 Å². The van der Waals surface area contributed by atoms with Gasteiger partial charge >= 0.3 is 0 Å². The normalized spacial score (nSPS) is 20.6. The molecule has 0 saturated carbocycles. The second-order valence-electron chi connectivity index (χ2n) is 7.82. The summed E-state index contributed by atoms with van der Waals surface area (Å²) in [5.41, 5.74) is 4.68. The molecule has 2 aliphatic rings. The van der Waals surface area contributed by atoms with Crippen LogP contribution in [-0.2, 0) is 17.8 Å². The molecule has 2 aromatic rings. The quantitative estimate of drug-likeness (QED) is 0.861. The Labute approximate surface area is 167 Å². The zero-order valence-electron chi connectivity index (χ0n) is 16.8. The topological polar surface area (TPSA) is 61.4 Å². The number of fused-ring (bicyclic) bond motifs is 1. The summed E-state index contributed by atoms with van der Waals surface area (Å²) >= 11 is 0. The van der Waals surface area contributed by atoms with Crippen LogP contribution in [0.1, 0.15) is 30.3 Å². The number of nitrogens with one attached hydrogen (secondary N) is 1. The maximum Gasteiger partial charge on any atom is 0.238 e. The molecule has 28 heavy (non-hydrogen) atoms. The van der Waals surface area contributed by atoms with E-state index in [0.717, 1.165) is 69.2 Å². The summed E-state index contributed by atoms with van der Waals surface area (Å²) < 4.78 is 0. The van der Waals surface area contributed by atoms with Gasteiger partial charge in [-0.2, -0.15) is 0 Å². The Morgan fingerprint density at radius 2 is 2.00 bits per heavy atom. The number of carbonyl (C=O) groups is 1. The molecule has 2 saturated heterocycles. The van der Waals surface area contributed by atoms with Gasteiger partial charge in [-0.25, -0.2) is 9.97 Å². The van der Waals surface area contributed by atoms with Crippen molar-refractivity contribution in [1.29, 1.82) is 0 Å². The first kappa shape index (κ1) is 19.0. The molecule has 0 spiro atoms. The van der Waals surface area contributed by atoms with Crippen LogP contribution in [0.4, 0.5) is 0 Å². The maximum absolute atomic E-state index is 12.1. The third-order valence-corrected chi connectivity index (χ3v) is 5.71. The van der Waals surface area contributed by atoms with Crippen molar-refractivity contribution in [2.24, 2.45) is 0 Å². The van der Waals surface area contributed by atoms with Crippen LogP contribution in [0.25, 0.3) is 11.3 Å². The van der Waals surface area contributed by atoms with E-state index in [9.17, 15) is 4.79 Å². The molecular weight excluding hydrogens is 350 g/mol. The number of carbonyl (C=O) groups excluding carboxylic acids is 1. The zero-order valence-corrected chi connectivity index (χ0v) is 16.8. The molecule has 6 heteroatoms. The van der Waals surface area contributed by atoms with Crippen LogP contribution < -0.4 is 5.32 Å². The molecule has 0 bridgehead atoms. The summed E-state index contributed by atoms with van der Waals surface area (Å²) in [6.07, 6.45) is 4.03. The first-order valence-electron chi connectivity index (χ1n) is 10.3. The van der Waals surface area contributed by atoms with Crippen molar-refractivity contribution < 1.29 is 4.79 Å². The molecule has 3 heterocycles. The van der Waals surface area contributed by atoms with Crippen molar-refractivity contribution >= 4 is 5.91 Å². The number of aryl methyl sites for hydroxylation is 2. The predicted octanol–water partition coefficient (Wildman–Crippen LogP) is 2.02. The molecule has 1 unspecified atom stereocenters. The van der Waals surface area contributed by atoms with E-state index in [2.05, 4.69) is 56.3 Å². The fourth-order valence-electron chi connectivity index (χ4n) is 4.20. The fourth-order valence-corrected chi connectivity index (χ4v) is 4.20. The van der Waals surface area contributed by atoms with E-state index >= 15 is 0 Å². The van der Waals surface area contributed by atoms with Crippen molar-refractivity contribution in [2.75, 3.05) is 32.7 Å². The molecule has 2 aliphatic heterocycles. The van der Waals surface area contributed by atoms with Crippen molar-refractivity contribution in [3.05, 3.63) is 47.4 Å². The van der Waals surface area contributed by atoms with Crippen LogP contribution in [0, 0.1) is 6.92 Å². The molecule has 1 atom stereocenters. The van der Waals surface area contributed by atoms with Gasteiger partial charge in [-0.3, -0.25) is 14.6 Å². The summed E-state index contributed by atoms with van der Waals surface area (Å²) in [7, 11) is 0. The van der Waals surface area contributed by atoms with Gasteiger partial charge in [-0.15, -0.1) is 0 Å². The number of amides is 1. The number of piperazine rings is 2. The fraction of sp³-hybridized carbons (Fsp3) is 0.500. The Hall–Kier alpha value is -2.31. The molecule has 2 fully saturated rings.